The van der Waals surface area contributed by atoms with Gasteiger partial charge < -0.3 is 0 Å². The van der Waals surface area contributed by atoms with Crippen LogP contribution in [-0.2, 0) is 0 Å². The third-order valence-electron chi connectivity index (χ3n) is 4.72. The van der Waals surface area contributed by atoms with Crippen molar-refractivity contribution in [3.63, 3.8) is 0 Å². The van der Waals surface area contributed by atoms with E-state index in [-0.39, 0.29) is 0 Å². The molecule has 1 nitrogen and oxygen atoms in total. The Bertz CT molecular complexity index is 607. The second-order valence-electron chi connectivity index (χ2n) is 6.39. The lowest BCUT2D eigenvalue weighted by atomic mass is 9.84. The number of aliphatic imine (C=N–C) groups is 1. The quantitative estimate of drug-likeness (QED) is 0.499. The van der Waals surface area contributed by atoms with Crippen molar-refractivity contribution < 1.29 is 0 Å². The van der Waals surface area contributed by atoms with Crippen LogP contribution in [0.25, 0.3) is 0 Å². The average Bonchev–Trinajstić information content (AvgIpc) is 2.64. The number of rotatable bonds is 5. The monoisotopic (exact) mass is 303 g/mol. The summed E-state index contributed by atoms with van der Waals surface area (Å²) in [6.45, 7) is 5.07. The second kappa shape index (κ2) is 7.92. The van der Waals surface area contributed by atoms with E-state index in [4.69, 9.17) is 4.99 Å². The molecular weight excluding hydrogens is 278 g/mol. The van der Waals surface area contributed by atoms with Gasteiger partial charge in [0.05, 0.1) is 12.3 Å². The van der Waals surface area contributed by atoms with Gasteiger partial charge >= 0.3 is 0 Å². The molecule has 0 N–H and O–H groups in total. The van der Waals surface area contributed by atoms with Gasteiger partial charge in [-0.15, -0.1) is 0 Å². The first-order valence-electron chi connectivity index (χ1n) is 8.67. The zero-order valence-electron chi connectivity index (χ0n) is 13.7. The van der Waals surface area contributed by atoms with E-state index in [0.29, 0.717) is 5.92 Å². The summed E-state index contributed by atoms with van der Waals surface area (Å²) < 4.78 is 0. The molecule has 0 radical (unpaired) electrons. The molecule has 3 rings (SSSR count). The molecular formula is C22H25N. The van der Waals surface area contributed by atoms with Crippen LogP contribution in [0.3, 0.4) is 0 Å². The van der Waals surface area contributed by atoms with Crippen molar-refractivity contribution in [3.05, 3.63) is 83.9 Å². The number of hydrogen-bond donors (Lipinski definition) is 0. The highest BCUT2D eigenvalue weighted by Crippen LogP contribution is 2.29. The summed E-state index contributed by atoms with van der Waals surface area (Å²) in [4.78, 5) is 4.96. The summed E-state index contributed by atoms with van der Waals surface area (Å²) in [5.74, 6) is 0.667. The Labute approximate surface area is 139 Å². The maximum absolute atomic E-state index is 4.96. The van der Waals surface area contributed by atoms with Crippen molar-refractivity contribution in [2.45, 2.75) is 32.1 Å². The van der Waals surface area contributed by atoms with Gasteiger partial charge in [0.25, 0.3) is 0 Å². The highest BCUT2D eigenvalue weighted by atomic mass is 14.7. The average molecular weight is 303 g/mol. The zero-order valence-corrected chi connectivity index (χ0v) is 13.7. The van der Waals surface area contributed by atoms with E-state index in [1.54, 1.807) is 0 Å². The van der Waals surface area contributed by atoms with E-state index in [9.17, 15) is 0 Å². The number of nitrogens with zero attached hydrogens (tertiary/aromatic N) is 1. The number of benzene rings is 2. The van der Waals surface area contributed by atoms with Crippen LogP contribution < -0.4 is 0 Å². The molecule has 1 aliphatic carbocycles. The van der Waals surface area contributed by atoms with Crippen LogP contribution in [0, 0.1) is 5.92 Å². The fourth-order valence-corrected chi connectivity index (χ4v) is 3.36. The van der Waals surface area contributed by atoms with Crippen molar-refractivity contribution in [2.24, 2.45) is 10.9 Å². The number of hydrogen-bond acceptors (Lipinski definition) is 1. The predicted octanol–water partition coefficient (Wildman–Crippen LogP) is 5.66. The molecule has 0 saturated heterocycles. The van der Waals surface area contributed by atoms with Crippen molar-refractivity contribution >= 4 is 5.71 Å². The predicted molar refractivity (Wildman–Crippen MR) is 99.1 cm³/mol. The van der Waals surface area contributed by atoms with Gasteiger partial charge in [-0.05, 0) is 18.8 Å². The third-order valence-corrected chi connectivity index (χ3v) is 4.72. The standard InChI is InChI=1S/C22H25N/c1-18(19-11-5-2-6-12-19)17-23-22(20-13-7-3-8-14-20)21-15-9-4-10-16-21/h3-4,7-10,13-16,19H,1-2,5-6,11-12,17H2. The summed E-state index contributed by atoms with van der Waals surface area (Å²) >= 11 is 0. The lowest BCUT2D eigenvalue weighted by Crippen LogP contribution is -2.12. The van der Waals surface area contributed by atoms with Crippen LogP contribution in [0.2, 0.25) is 0 Å². The van der Waals surface area contributed by atoms with Gasteiger partial charge in [0.2, 0.25) is 0 Å². The van der Waals surface area contributed by atoms with Gasteiger partial charge in [0.1, 0.15) is 0 Å². The van der Waals surface area contributed by atoms with E-state index in [0.717, 1.165) is 12.3 Å². The van der Waals surface area contributed by atoms with Gasteiger partial charge in [0, 0.05) is 11.1 Å². The Morgan fingerprint density at radius 1 is 0.826 bits per heavy atom. The van der Waals surface area contributed by atoms with Gasteiger partial charge in [0.15, 0.2) is 0 Å². The summed E-state index contributed by atoms with van der Waals surface area (Å²) in [5, 5.41) is 0. The highest BCUT2D eigenvalue weighted by Gasteiger charge is 2.16. The van der Waals surface area contributed by atoms with E-state index >= 15 is 0 Å². The molecule has 0 amide bonds. The maximum Gasteiger partial charge on any atom is 0.0722 e. The van der Waals surface area contributed by atoms with Gasteiger partial charge in [-0.3, -0.25) is 4.99 Å². The van der Waals surface area contributed by atoms with Gasteiger partial charge in [-0.1, -0.05) is 92.1 Å². The molecule has 1 saturated carbocycles. The van der Waals surface area contributed by atoms with Crippen LogP contribution in [0.4, 0.5) is 0 Å². The lowest BCUT2D eigenvalue weighted by molar-refractivity contribution is 0.401. The van der Waals surface area contributed by atoms with Gasteiger partial charge in [-0.25, -0.2) is 0 Å². The summed E-state index contributed by atoms with van der Waals surface area (Å²) in [5.41, 5.74) is 4.72. The van der Waals surface area contributed by atoms with Crippen LogP contribution in [0.1, 0.15) is 43.2 Å². The van der Waals surface area contributed by atoms with Crippen molar-refractivity contribution in [3.8, 4) is 0 Å². The van der Waals surface area contributed by atoms with Gasteiger partial charge in [-0.2, -0.15) is 0 Å². The Kier molecular flexibility index (Phi) is 5.42. The normalized spacial score (nSPS) is 15.1. The molecule has 0 unspecified atom stereocenters. The molecule has 2 aromatic rings. The van der Waals surface area contributed by atoms with E-state index in [1.807, 2.05) is 12.1 Å². The molecule has 118 valence electrons. The molecule has 2 aromatic carbocycles. The minimum atomic E-state index is 0.667. The van der Waals surface area contributed by atoms with E-state index in [1.165, 1.54) is 48.8 Å². The topological polar surface area (TPSA) is 12.4 Å². The Balaban J connectivity index is 1.82. The van der Waals surface area contributed by atoms with E-state index in [2.05, 4.69) is 55.1 Å². The van der Waals surface area contributed by atoms with Crippen molar-refractivity contribution in [1.82, 2.24) is 0 Å². The van der Waals surface area contributed by atoms with E-state index < -0.39 is 0 Å². The summed E-state index contributed by atoms with van der Waals surface area (Å²) in [7, 11) is 0. The smallest absolute Gasteiger partial charge is 0.0722 e. The lowest BCUT2D eigenvalue weighted by Gasteiger charge is -2.23. The maximum atomic E-state index is 4.96. The third kappa shape index (κ3) is 4.19. The van der Waals surface area contributed by atoms with Crippen LogP contribution in [0.5, 0.6) is 0 Å². The Morgan fingerprint density at radius 3 is 1.87 bits per heavy atom. The fourth-order valence-electron chi connectivity index (χ4n) is 3.36. The molecule has 1 fully saturated rings. The van der Waals surface area contributed by atoms with Crippen molar-refractivity contribution in [2.75, 3.05) is 6.54 Å². The zero-order chi connectivity index (χ0) is 15.9. The Hall–Kier alpha value is -2.15. The first-order chi connectivity index (χ1) is 11.3. The molecule has 0 bridgehead atoms. The first-order valence-corrected chi connectivity index (χ1v) is 8.67. The largest absolute Gasteiger partial charge is 0.280 e. The van der Waals surface area contributed by atoms with Crippen LogP contribution in [-0.4, -0.2) is 12.3 Å². The van der Waals surface area contributed by atoms with Crippen LogP contribution in [0.15, 0.2) is 77.8 Å². The Morgan fingerprint density at radius 2 is 1.35 bits per heavy atom. The molecule has 1 aliphatic rings. The molecule has 0 spiro atoms. The summed E-state index contributed by atoms with van der Waals surface area (Å²) in [6.07, 6.45) is 6.66. The second-order valence-corrected chi connectivity index (χ2v) is 6.39. The SMILES string of the molecule is C=C(CN=C(c1ccccc1)c1ccccc1)C1CCCCC1. The molecule has 0 aromatic heterocycles. The molecule has 1 heteroatoms. The minimum absolute atomic E-state index is 0.667. The fraction of sp³-hybridized carbons (Fsp3) is 0.318. The highest BCUT2D eigenvalue weighted by molar-refractivity contribution is 6.12. The molecule has 0 atom stereocenters. The summed E-state index contributed by atoms with van der Waals surface area (Å²) in [6, 6.07) is 20.9. The molecule has 0 aliphatic heterocycles. The van der Waals surface area contributed by atoms with Crippen LogP contribution >= 0.6 is 0 Å². The molecule has 0 heterocycles. The molecule has 23 heavy (non-hydrogen) atoms. The first kappa shape index (κ1) is 15.7. The minimum Gasteiger partial charge on any atom is -0.280 e. The van der Waals surface area contributed by atoms with Crippen molar-refractivity contribution in [1.29, 1.82) is 0 Å².